The Labute approximate surface area is 201 Å². The molecule has 0 atom stereocenters. The number of carbonyl (C=O) groups excluding carboxylic acids is 2. The molecule has 1 aliphatic carbocycles. The zero-order valence-corrected chi connectivity index (χ0v) is 21.8. The Balaban J connectivity index is 2.04. The molecule has 6 nitrogen and oxygen atoms in total. The number of nitrogens with zero attached hydrogens (tertiary/aromatic N) is 2. The van der Waals surface area contributed by atoms with Crippen LogP contribution in [0.15, 0.2) is 21.2 Å². The molecule has 0 aromatic rings. The molecule has 2 aliphatic heterocycles. The van der Waals surface area contributed by atoms with Crippen LogP contribution >= 0.6 is 23.2 Å². The number of hydroxylamine groups is 4. The van der Waals surface area contributed by atoms with E-state index in [4.69, 9.17) is 23.2 Å². The van der Waals surface area contributed by atoms with Crippen LogP contribution in [0.4, 0.5) is 0 Å². The zero-order chi connectivity index (χ0) is 24.6. The van der Waals surface area contributed by atoms with Crippen LogP contribution in [0.3, 0.4) is 0 Å². The Bertz CT molecular complexity index is 811. The SMILES string of the molecule is CC1(C)CC(C2=C(Cl)C(=O)C(Cl)=C(C3CC(C)(C)N([O])C(C)(C)C3)C2=O)CC(C)(C)N1[O]. The Morgan fingerprint density at radius 1 is 0.594 bits per heavy atom. The summed E-state index contributed by atoms with van der Waals surface area (Å²) in [7, 11) is 0. The van der Waals surface area contributed by atoms with Crippen LogP contribution in [0.2, 0.25) is 0 Å². The molecule has 2 fully saturated rings. The zero-order valence-electron chi connectivity index (χ0n) is 20.3. The van der Waals surface area contributed by atoms with Crippen LogP contribution in [-0.4, -0.2) is 43.8 Å². The highest BCUT2D eigenvalue weighted by atomic mass is 35.5. The summed E-state index contributed by atoms with van der Waals surface area (Å²) in [6, 6.07) is 0. The number of hydrogen-bond donors (Lipinski definition) is 0. The van der Waals surface area contributed by atoms with Crippen LogP contribution in [0.25, 0.3) is 0 Å². The molecule has 0 saturated carbocycles. The van der Waals surface area contributed by atoms with E-state index in [2.05, 4.69) is 0 Å². The first-order valence-electron chi connectivity index (χ1n) is 11.2. The summed E-state index contributed by atoms with van der Waals surface area (Å²) in [6.45, 7) is 14.7. The molecule has 2 radical (unpaired) electrons. The fourth-order valence-corrected chi connectivity index (χ4v) is 7.07. The number of carbonyl (C=O) groups is 2. The molecule has 2 heterocycles. The predicted molar refractivity (Wildman–Crippen MR) is 123 cm³/mol. The molecule has 3 rings (SSSR count). The molecular weight excluding hydrogens is 451 g/mol. The minimum atomic E-state index is -0.719. The first-order valence-corrected chi connectivity index (χ1v) is 11.9. The van der Waals surface area contributed by atoms with Gasteiger partial charge in [0.2, 0.25) is 5.78 Å². The van der Waals surface area contributed by atoms with Crippen LogP contribution in [0.5, 0.6) is 0 Å². The smallest absolute Gasteiger partial charge is 0.216 e. The maximum atomic E-state index is 13.9. The van der Waals surface area contributed by atoms with Crippen molar-refractivity contribution in [2.24, 2.45) is 11.8 Å². The minimum Gasteiger partial charge on any atom is -0.289 e. The van der Waals surface area contributed by atoms with Crippen molar-refractivity contribution in [2.75, 3.05) is 0 Å². The first-order chi connectivity index (χ1) is 14.3. The van der Waals surface area contributed by atoms with Crippen molar-refractivity contribution >= 4 is 34.8 Å². The van der Waals surface area contributed by atoms with E-state index in [0.29, 0.717) is 25.7 Å². The van der Waals surface area contributed by atoms with Crippen LogP contribution in [0.1, 0.15) is 81.1 Å². The maximum Gasteiger partial charge on any atom is 0.216 e. The predicted octanol–water partition coefficient (Wildman–Crippen LogP) is 5.35. The number of hydrogen-bond acceptors (Lipinski definition) is 4. The van der Waals surface area contributed by atoms with Crippen LogP contribution in [0, 0.1) is 11.8 Å². The van der Waals surface area contributed by atoms with Gasteiger partial charge in [-0.25, -0.2) is 0 Å². The van der Waals surface area contributed by atoms with Gasteiger partial charge in [-0.15, -0.1) is 20.5 Å². The van der Waals surface area contributed by atoms with Gasteiger partial charge < -0.3 is 0 Å². The van der Waals surface area contributed by atoms with Crippen molar-refractivity contribution in [3.8, 4) is 0 Å². The number of Topliss-reactive ketones (excluding diaryl/α,β-unsaturated/α-hetero) is 2. The number of allylic oxidation sites excluding steroid dienone is 4. The molecule has 0 amide bonds. The third kappa shape index (κ3) is 4.12. The second-order valence-corrected chi connectivity index (χ2v) is 12.9. The van der Waals surface area contributed by atoms with Crippen molar-refractivity contribution in [1.82, 2.24) is 10.1 Å². The van der Waals surface area contributed by atoms with Gasteiger partial charge in [-0.3, -0.25) is 9.59 Å². The highest BCUT2D eigenvalue weighted by Gasteiger charge is 2.53. The maximum absolute atomic E-state index is 13.9. The van der Waals surface area contributed by atoms with E-state index in [-0.39, 0.29) is 38.8 Å². The molecule has 178 valence electrons. The number of rotatable bonds is 2. The van der Waals surface area contributed by atoms with Crippen molar-refractivity contribution < 1.29 is 20.0 Å². The van der Waals surface area contributed by atoms with Crippen molar-refractivity contribution in [2.45, 2.75) is 103 Å². The molecule has 2 saturated heterocycles. The largest absolute Gasteiger partial charge is 0.289 e. The Hall–Kier alpha value is -0.760. The summed E-state index contributed by atoms with van der Waals surface area (Å²) in [5.74, 6) is -1.53. The molecule has 8 heteroatoms. The fourth-order valence-electron chi connectivity index (χ4n) is 6.35. The van der Waals surface area contributed by atoms with E-state index in [0.717, 1.165) is 10.1 Å². The average molecular weight is 485 g/mol. The fraction of sp³-hybridized carbons (Fsp3) is 0.750. The summed E-state index contributed by atoms with van der Waals surface area (Å²) in [4.78, 5) is 27.0. The highest BCUT2D eigenvalue weighted by Crippen LogP contribution is 2.50. The summed E-state index contributed by atoms with van der Waals surface area (Å²) in [5.41, 5.74) is -2.34. The topological polar surface area (TPSA) is 80.4 Å². The van der Waals surface area contributed by atoms with Gasteiger partial charge in [-0.2, -0.15) is 0 Å². The summed E-state index contributed by atoms with van der Waals surface area (Å²) in [6.07, 6.45) is 1.63. The Kier molecular flexibility index (Phi) is 6.38. The van der Waals surface area contributed by atoms with Gasteiger partial charge in [0.05, 0.1) is 10.1 Å². The van der Waals surface area contributed by atoms with Crippen LogP contribution < -0.4 is 0 Å². The van der Waals surface area contributed by atoms with Gasteiger partial charge in [-0.05, 0) is 92.9 Å². The second kappa shape index (κ2) is 7.89. The third-order valence-corrected chi connectivity index (χ3v) is 8.11. The van der Waals surface area contributed by atoms with E-state index in [9.17, 15) is 20.0 Å². The first kappa shape index (κ1) is 25.9. The van der Waals surface area contributed by atoms with Crippen molar-refractivity contribution in [3.05, 3.63) is 21.2 Å². The lowest BCUT2D eigenvalue weighted by atomic mass is 9.66. The van der Waals surface area contributed by atoms with Crippen LogP contribution in [-0.2, 0) is 20.0 Å². The monoisotopic (exact) mass is 484 g/mol. The van der Waals surface area contributed by atoms with Gasteiger partial charge in [0.25, 0.3) is 0 Å². The van der Waals surface area contributed by atoms with E-state index < -0.39 is 27.9 Å². The number of halogens is 2. The van der Waals surface area contributed by atoms with Crippen molar-refractivity contribution in [3.63, 3.8) is 0 Å². The summed E-state index contributed by atoms with van der Waals surface area (Å²) < 4.78 is 0. The molecule has 0 aromatic heterocycles. The van der Waals surface area contributed by atoms with Gasteiger partial charge >= 0.3 is 0 Å². The average Bonchev–Trinajstić information content (AvgIpc) is 2.61. The lowest BCUT2D eigenvalue weighted by molar-refractivity contribution is -0.292. The summed E-state index contributed by atoms with van der Waals surface area (Å²) >= 11 is 12.9. The molecule has 3 aliphatic rings. The second-order valence-electron chi connectivity index (χ2n) is 12.2. The lowest BCUT2D eigenvalue weighted by Gasteiger charge is -2.51. The quantitative estimate of drug-likeness (QED) is 0.494. The van der Waals surface area contributed by atoms with E-state index in [1.807, 2.05) is 55.4 Å². The highest BCUT2D eigenvalue weighted by molar-refractivity contribution is 6.58. The summed E-state index contributed by atoms with van der Waals surface area (Å²) in [5, 5.41) is 27.5. The molecule has 0 spiro atoms. The van der Waals surface area contributed by atoms with Gasteiger partial charge in [-0.1, -0.05) is 23.2 Å². The standard InChI is InChI=1S/C24H34Cl2N2O4/c1-21(2)9-13(10-22(3,4)27(21)31)15-17(25)20(30)18(26)16(19(15)29)14-11-23(5,6)28(32)24(7,8)12-14/h13-14H,9-12H2,1-8H3. The van der Waals surface area contributed by atoms with E-state index in [1.165, 1.54) is 0 Å². The Morgan fingerprint density at radius 3 is 1.09 bits per heavy atom. The normalized spacial score (nSPS) is 29.8. The number of ketones is 2. The molecule has 0 N–H and O–H groups in total. The van der Waals surface area contributed by atoms with Gasteiger partial charge in [0.15, 0.2) is 5.78 Å². The molecule has 0 aromatic carbocycles. The molecule has 0 unspecified atom stereocenters. The van der Waals surface area contributed by atoms with Gasteiger partial charge in [0.1, 0.15) is 0 Å². The van der Waals surface area contributed by atoms with Crippen molar-refractivity contribution in [1.29, 1.82) is 0 Å². The van der Waals surface area contributed by atoms with E-state index in [1.54, 1.807) is 0 Å². The Morgan fingerprint density at radius 2 is 0.844 bits per heavy atom. The van der Waals surface area contributed by atoms with Gasteiger partial charge in [0, 0.05) is 33.3 Å². The lowest BCUT2D eigenvalue weighted by Crippen LogP contribution is -2.59. The third-order valence-electron chi connectivity index (χ3n) is 7.36. The minimum absolute atomic E-state index is 0.139. The molecular formula is C24H34Cl2N2O4. The molecule has 32 heavy (non-hydrogen) atoms. The number of piperidine rings is 2. The molecule has 0 bridgehead atoms. The van der Waals surface area contributed by atoms with E-state index >= 15 is 0 Å².